The molecule has 1 aliphatic heterocycles. The summed E-state index contributed by atoms with van der Waals surface area (Å²) in [4.78, 5) is 18.3. The van der Waals surface area contributed by atoms with Gasteiger partial charge in [-0.05, 0) is 18.3 Å². The van der Waals surface area contributed by atoms with Crippen LogP contribution in [0.15, 0.2) is 6.33 Å². The molecule has 1 saturated heterocycles. The molecule has 0 atom stereocenters. The molecule has 0 amide bonds. The predicted molar refractivity (Wildman–Crippen MR) is 71.9 cm³/mol. The topological polar surface area (TPSA) is 99.4 Å². The van der Waals surface area contributed by atoms with Crippen molar-refractivity contribution in [1.29, 1.82) is 0 Å². The van der Waals surface area contributed by atoms with E-state index < -0.39 is 4.92 Å². The van der Waals surface area contributed by atoms with E-state index in [1.54, 1.807) is 0 Å². The van der Waals surface area contributed by atoms with Crippen LogP contribution < -0.4 is 10.1 Å². The van der Waals surface area contributed by atoms with Crippen LogP contribution in [0.3, 0.4) is 0 Å². The molecule has 0 unspecified atom stereocenters. The molecular formula is C12H18N4O4. The SMILES string of the molecule is COc1ncnc(NCC2(C)CCOCC2)c1[N+](=O)[O-]. The maximum absolute atomic E-state index is 11.1. The van der Waals surface area contributed by atoms with Gasteiger partial charge in [0.25, 0.3) is 5.88 Å². The van der Waals surface area contributed by atoms with E-state index in [9.17, 15) is 10.1 Å². The second kappa shape index (κ2) is 6.00. The molecule has 20 heavy (non-hydrogen) atoms. The fourth-order valence-corrected chi connectivity index (χ4v) is 2.14. The first-order valence-electron chi connectivity index (χ1n) is 6.41. The second-order valence-corrected chi connectivity index (χ2v) is 5.11. The molecule has 1 aromatic rings. The highest BCUT2D eigenvalue weighted by Crippen LogP contribution is 2.33. The zero-order valence-electron chi connectivity index (χ0n) is 11.6. The molecule has 0 bridgehead atoms. The Morgan fingerprint density at radius 1 is 1.50 bits per heavy atom. The monoisotopic (exact) mass is 282 g/mol. The molecule has 2 heterocycles. The third kappa shape index (κ3) is 3.13. The standard InChI is InChI=1S/C12H18N4O4/c1-12(3-5-20-6-4-12)7-13-10-9(16(17)18)11(19-2)15-8-14-10/h8H,3-7H2,1-2H3,(H,13,14,15). The number of methoxy groups -OCH3 is 1. The van der Waals surface area contributed by atoms with Gasteiger partial charge in [0.05, 0.1) is 12.0 Å². The van der Waals surface area contributed by atoms with Crippen LogP contribution in [0.25, 0.3) is 0 Å². The van der Waals surface area contributed by atoms with Crippen LogP contribution in [0, 0.1) is 15.5 Å². The number of nitrogens with zero attached hydrogens (tertiary/aromatic N) is 3. The van der Waals surface area contributed by atoms with Crippen LogP contribution in [0.5, 0.6) is 5.88 Å². The van der Waals surface area contributed by atoms with Gasteiger partial charge in [0.15, 0.2) is 0 Å². The number of hydrogen-bond donors (Lipinski definition) is 1. The summed E-state index contributed by atoms with van der Waals surface area (Å²) in [5, 5.41) is 14.2. The van der Waals surface area contributed by atoms with E-state index in [1.165, 1.54) is 13.4 Å². The van der Waals surface area contributed by atoms with Crippen molar-refractivity contribution in [2.45, 2.75) is 19.8 Å². The number of rotatable bonds is 5. The van der Waals surface area contributed by atoms with Crippen LogP contribution >= 0.6 is 0 Å². The van der Waals surface area contributed by atoms with E-state index in [1.807, 2.05) is 0 Å². The van der Waals surface area contributed by atoms with Crippen molar-refractivity contribution in [2.75, 3.05) is 32.2 Å². The lowest BCUT2D eigenvalue weighted by atomic mass is 9.82. The van der Waals surface area contributed by atoms with Gasteiger partial charge in [-0.2, -0.15) is 4.98 Å². The molecule has 1 aliphatic rings. The van der Waals surface area contributed by atoms with E-state index >= 15 is 0 Å². The zero-order chi connectivity index (χ0) is 14.6. The Labute approximate surface area is 116 Å². The molecule has 8 heteroatoms. The predicted octanol–water partition coefficient (Wildman–Crippen LogP) is 1.62. The summed E-state index contributed by atoms with van der Waals surface area (Å²) in [6, 6.07) is 0. The number of hydrogen-bond acceptors (Lipinski definition) is 7. The fourth-order valence-electron chi connectivity index (χ4n) is 2.14. The van der Waals surface area contributed by atoms with Crippen LogP contribution in [0.1, 0.15) is 19.8 Å². The highest BCUT2D eigenvalue weighted by molar-refractivity contribution is 5.61. The number of aromatic nitrogens is 2. The van der Waals surface area contributed by atoms with Gasteiger partial charge in [0, 0.05) is 19.8 Å². The van der Waals surface area contributed by atoms with Crippen molar-refractivity contribution < 1.29 is 14.4 Å². The molecule has 1 aromatic heterocycles. The van der Waals surface area contributed by atoms with Crippen molar-refractivity contribution in [2.24, 2.45) is 5.41 Å². The largest absolute Gasteiger partial charge is 0.476 e. The van der Waals surface area contributed by atoms with Gasteiger partial charge < -0.3 is 14.8 Å². The maximum atomic E-state index is 11.1. The van der Waals surface area contributed by atoms with E-state index in [0.717, 1.165) is 12.8 Å². The molecule has 110 valence electrons. The Kier molecular flexibility index (Phi) is 4.33. The molecule has 0 aromatic carbocycles. The van der Waals surface area contributed by atoms with E-state index in [0.29, 0.717) is 19.8 Å². The minimum absolute atomic E-state index is 0.0374. The number of nitro groups is 1. The molecule has 1 fully saturated rings. The lowest BCUT2D eigenvalue weighted by molar-refractivity contribution is -0.385. The van der Waals surface area contributed by atoms with E-state index in [-0.39, 0.29) is 22.8 Å². The lowest BCUT2D eigenvalue weighted by Crippen LogP contribution is -2.33. The Bertz CT molecular complexity index is 488. The van der Waals surface area contributed by atoms with Crippen molar-refractivity contribution in [1.82, 2.24) is 9.97 Å². The Morgan fingerprint density at radius 2 is 2.20 bits per heavy atom. The quantitative estimate of drug-likeness (QED) is 0.647. The fraction of sp³-hybridized carbons (Fsp3) is 0.667. The first kappa shape index (κ1) is 14.4. The van der Waals surface area contributed by atoms with E-state index in [2.05, 4.69) is 22.2 Å². The summed E-state index contributed by atoms with van der Waals surface area (Å²) in [5.41, 5.74) is -0.185. The summed E-state index contributed by atoms with van der Waals surface area (Å²) in [6.45, 7) is 4.16. The average Bonchev–Trinajstić information content (AvgIpc) is 2.45. The molecule has 0 radical (unpaired) electrons. The normalized spacial score (nSPS) is 17.5. The van der Waals surface area contributed by atoms with Crippen molar-refractivity contribution in [3.05, 3.63) is 16.4 Å². The molecule has 1 N–H and O–H groups in total. The van der Waals surface area contributed by atoms with Crippen LogP contribution in [0.2, 0.25) is 0 Å². The Morgan fingerprint density at radius 3 is 2.80 bits per heavy atom. The maximum Gasteiger partial charge on any atom is 0.372 e. The first-order valence-corrected chi connectivity index (χ1v) is 6.41. The average molecular weight is 282 g/mol. The molecular weight excluding hydrogens is 264 g/mol. The Hall–Kier alpha value is -1.96. The summed E-state index contributed by atoms with van der Waals surface area (Å²) < 4.78 is 10.2. The van der Waals surface area contributed by atoms with E-state index in [4.69, 9.17) is 9.47 Å². The summed E-state index contributed by atoms with van der Waals surface area (Å²) in [5.74, 6) is 0.152. The van der Waals surface area contributed by atoms with Gasteiger partial charge in [-0.3, -0.25) is 10.1 Å². The van der Waals surface area contributed by atoms with Crippen molar-refractivity contribution >= 4 is 11.5 Å². The van der Waals surface area contributed by atoms with Crippen molar-refractivity contribution in [3.63, 3.8) is 0 Å². The van der Waals surface area contributed by atoms with Gasteiger partial charge in [-0.1, -0.05) is 6.92 Å². The van der Waals surface area contributed by atoms with Gasteiger partial charge in [-0.15, -0.1) is 0 Å². The van der Waals surface area contributed by atoms with Gasteiger partial charge in [-0.25, -0.2) is 4.98 Å². The molecule has 0 spiro atoms. The third-order valence-electron chi connectivity index (χ3n) is 3.55. The molecule has 8 nitrogen and oxygen atoms in total. The minimum atomic E-state index is -0.534. The van der Waals surface area contributed by atoms with Gasteiger partial charge in [0.2, 0.25) is 5.82 Å². The highest BCUT2D eigenvalue weighted by atomic mass is 16.6. The van der Waals surface area contributed by atoms with Crippen LogP contribution in [0.4, 0.5) is 11.5 Å². The number of anilines is 1. The first-order chi connectivity index (χ1) is 9.56. The second-order valence-electron chi connectivity index (χ2n) is 5.11. The third-order valence-corrected chi connectivity index (χ3v) is 3.55. The lowest BCUT2D eigenvalue weighted by Gasteiger charge is -2.33. The van der Waals surface area contributed by atoms with Crippen molar-refractivity contribution in [3.8, 4) is 5.88 Å². The van der Waals surface area contributed by atoms with Crippen LogP contribution in [-0.4, -0.2) is 41.8 Å². The smallest absolute Gasteiger partial charge is 0.372 e. The Balaban J connectivity index is 2.14. The zero-order valence-corrected chi connectivity index (χ0v) is 11.6. The molecule has 2 rings (SSSR count). The molecule has 0 saturated carbocycles. The number of ether oxygens (including phenoxy) is 2. The van der Waals surface area contributed by atoms with Gasteiger partial charge >= 0.3 is 5.69 Å². The van der Waals surface area contributed by atoms with Crippen LogP contribution in [-0.2, 0) is 4.74 Å². The molecule has 0 aliphatic carbocycles. The van der Waals surface area contributed by atoms with Gasteiger partial charge in [0.1, 0.15) is 6.33 Å². The summed E-state index contributed by atoms with van der Waals surface area (Å²) in [7, 11) is 1.35. The highest BCUT2D eigenvalue weighted by Gasteiger charge is 2.30. The summed E-state index contributed by atoms with van der Waals surface area (Å²) in [6.07, 6.45) is 3.08. The number of nitrogens with one attached hydrogen (secondary N) is 1. The summed E-state index contributed by atoms with van der Waals surface area (Å²) >= 11 is 0. The minimum Gasteiger partial charge on any atom is -0.476 e.